The smallest absolute Gasteiger partial charge is 0.204 e. The van der Waals surface area contributed by atoms with Gasteiger partial charge >= 0.3 is 0 Å². The van der Waals surface area contributed by atoms with Gasteiger partial charge in [0.25, 0.3) is 0 Å². The fourth-order valence-corrected chi connectivity index (χ4v) is 2.73. The Balaban J connectivity index is 0.00000161. The maximum Gasteiger partial charge on any atom is 0.204 e. The first-order valence-corrected chi connectivity index (χ1v) is 7.87. The molecule has 0 spiro atoms. The molecular formula is C14H19BrClN5. The second-order valence-electron chi connectivity index (χ2n) is 5.12. The Hall–Kier alpha value is -0.980. The Morgan fingerprint density at radius 1 is 1.00 bits per heavy atom. The lowest BCUT2D eigenvalue weighted by Gasteiger charge is -2.25. The minimum Gasteiger partial charge on any atom is -0.301 e. The van der Waals surface area contributed by atoms with E-state index in [0.29, 0.717) is 5.82 Å². The van der Waals surface area contributed by atoms with Crippen LogP contribution in [0.5, 0.6) is 0 Å². The summed E-state index contributed by atoms with van der Waals surface area (Å²) in [5.41, 5.74) is 0.998. The molecule has 0 atom stereocenters. The van der Waals surface area contributed by atoms with Crippen molar-refractivity contribution in [1.82, 2.24) is 25.1 Å². The van der Waals surface area contributed by atoms with E-state index >= 15 is 0 Å². The van der Waals surface area contributed by atoms with Gasteiger partial charge in [-0.25, -0.2) is 0 Å². The molecule has 1 aliphatic heterocycles. The van der Waals surface area contributed by atoms with Crippen molar-refractivity contribution < 1.29 is 0 Å². The van der Waals surface area contributed by atoms with Gasteiger partial charge in [-0.3, -0.25) is 0 Å². The van der Waals surface area contributed by atoms with Crippen LogP contribution in [0.15, 0.2) is 28.7 Å². The standard InChI is InChI=1S/C14H18BrN5.ClH/c15-13-6-4-12(5-7-13)14-16-18-20(17-14)11-10-19-8-2-1-3-9-19;/h4-7H,1-3,8-11H2;1H. The number of halogens is 2. The maximum absolute atomic E-state index is 4.45. The predicted octanol–water partition coefficient (Wildman–Crippen LogP) is 3.01. The summed E-state index contributed by atoms with van der Waals surface area (Å²) in [5, 5.41) is 12.7. The van der Waals surface area contributed by atoms with E-state index in [4.69, 9.17) is 0 Å². The molecule has 0 amide bonds. The maximum atomic E-state index is 4.45. The van der Waals surface area contributed by atoms with Crippen LogP contribution in [0.2, 0.25) is 0 Å². The lowest BCUT2D eigenvalue weighted by molar-refractivity contribution is 0.213. The van der Waals surface area contributed by atoms with Crippen LogP contribution >= 0.6 is 28.3 Å². The molecule has 0 radical (unpaired) electrons. The fraction of sp³-hybridized carbons (Fsp3) is 0.500. The molecule has 1 aromatic carbocycles. The number of hydrogen-bond acceptors (Lipinski definition) is 4. The molecule has 1 saturated heterocycles. The highest BCUT2D eigenvalue weighted by atomic mass is 79.9. The summed E-state index contributed by atoms with van der Waals surface area (Å²) in [6, 6.07) is 7.97. The van der Waals surface area contributed by atoms with Crippen molar-refractivity contribution in [1.29, 1.82) is 0 Å². The number of rotatable bonds is 4. The number of hydrogen-bond donors (Lipinski definition) is 0. The van der Waals surface area contributed by atoms with Crippen LogP contribution in [0.25, 0.3) is 11.4 Å². The molecule has 114 valence electrons. The zero-order valence-corrected chi connectivity index (χ0v) is 14.2. The third-order valence-corrected chi connectivity index (χ3v) is 4.15. The predicted molar refractivity (Wildman–Crippen MR) is 88.5 cm³/mol. The summed E-state index contributed by atoms with van der Waals surface area (Å²) in [7, 11) is 0. The van der Waals surface area contributed by atoms with Gasteiger partial charge in [0.05, 0.1) is 6.54 Å². The highest BCUT2D eigenvalue weighted by molar-refractivity contribution is 9.10. The molecule has 1 fully saturated rings. The molecule has 21 heavy (non-hydrogen) atoms. The number of benzene rings is 1. The highest BCUT2D eigenvalue weighted by Gasteiger charge is 2.11. The van der Waals surface area contributed by atoms with Crippen molar-refractivity contribution in [2.75, 3.05) is 19.6 Å². The van der Waals surface area contributed by atoms with Crippen molar-refractivity contribution in [2.24, 2.45) is 0 Å². The molecule has 0 unspecified atom stereocenters. The van der Waals surface area contributed by atoms with Gasteiger partial charge in [-0.05, 0) is 55.4 Å². The van der Waals surface area contributed by atoms with E-state index < -0.39 is 0 Å². The number of piperidine rings is 1. The van der Waals surface area contributed by atoms with E-state index in [1.165, 1.54) is 32.4 Å². The Kier molecular flexibility index (Phi) is 6.14. The van der Waals surface area contributed by atoms with Crippen LogP contribution < -0.4 is 0 Å². The van der Waals surface area contributed by atoms with Gasteiger partial charge in [-0.15, -0.1) is 22.6 Å². The van der Waals surface area contributed by atoms with Crippen LogP contribution in [0, 0.1) is 0 Å². The van der Waals surface area contributed by atoms with E-state index in [-0.39, 0.29) is 12.4 Å². The molecule has 0 bridgehead atoms. The summed E-state index contributed by atoms with van der Waals surface area (Å²) < 4.78 is 1.05. The van der Waals surface area contributed by atoms with Crippen molar-refractivity contribution in [3.8, 4) is 11.4 Å². The van der Waals surface area contributed by atoms with Gasteiger partial charge in [0.1, 0.15) is 0 Å². The summed E-state index contributed by atoms with van der Waals surface area (Å²) in [4.78, 5) is 4.18. The summed E-state index contributed by atoms with van der Waals surface area (Å²) >= 11 is 3.42. The van der Waals surface area contributed by atoms with Gasteiger partial charge in [-0.1, -0.05) is 22.4 Å². The zero-order chi connectivity index (χ0) is 13.8. The minimum absolute atomic E-state index is 0. The molecule has 0 N–H and O–H groups in total. The molecule has 0 aliphatic carbocycles. The van der Waals surface area contributed by atoms with E-state index in [9.17, 15) is 0 Å². The van der Waals surface area contributed by atoms with Gasteiger partial charge in [0, 0.05) is 16.6 Å². The molecule has 5 nitrogen and oxygen atoms in total. The molecular weight excluding hydrogens is 354 g/mol. The van der Waals surface area contributed by atoms with Crippen molar-refractivity contribution in [3.05, 3.63) is 28.7 Å². The van der Waals surface area contributed by atoms with Gasteiger partial charge < -0.3 is 4.90 Å². The second-order valence-corrected chi connectivity index (χ2v) is 6.03. The summed E-state index contributed by atoms with van der Waals surface area (Å²) in [6.45, 7) is 4.22. The Morgan fingerprint density at radius 2 is 1.71 bits per heavy atom. The summed E-state index contributed by atoms with van der Waals surface area (Å²) in [5.74, 6) is 0.691. The number of aromatic nitrogens is 4. The Morgan fingerprint density at radius 3 is 2.43 bits per heavy atom. The average molecular weight is 373 g/mol. The molecule has 7 heteroatoms. The Labute approximate surface area is 139 Å². The summed E-state index contributed by atoms with van der Waals surface area (Å²) in [6.07, 6.45) is 4.00. The van der Waals surface area contributed by atoms with Crippen molar-refractivity contribution in [3.63, 3.8) is 0 Å². The monoisotopic (exact) mass is 371 g/mol. The third kappa shape index (κ3) is 4.49. The first-order chi connectivity index (χ1) is 9.81. The second kappa shape index (κ2) is 7.87. The van der Waals surface area contributed by atoms with Gasteiger partial charge in [0.15, 0.2) is 0 Å². The average Bonchev–Trinajstić information content (AvgIpc) is 2.96. The van der Waals surface area contributed by atoms with Crippen LogP contribution in [-0.4, -0.2) is 44.7 Å². The highest BCUT2D eigenvalue weighted by Crippen LogP contribution is 2.17. The Bertz CT molecular complexity index is 551. The molecule has 2 heterocycles. The first kappa shape index (κ1) is 16.4. The van der Waals surface area contributed by atoms with E-state index in [1.54, 1.807) is 4.80 Å². The molecule has 2 aromatic rings. The fourth-order valence-electron chi connectivity index (χ4n) is 2.47. The largest absolute Gasteiger partial charge is 0.301 e. The normalized spacial score (nSPS) is 15.7. The van der Waals surface area contributed by atoms with Crippen LogP contribution in [0.3, 0.4) is 0 Å². The molecule has 1 aliphatic rings. The van der Waals surface area contributed by atoms with E-state index in [1.807, 2.05) is 24.3 Å². The molecule has 3 rings (SSSR count). The molecule has 0 saturated carbocycles. The lowest BCUT2D eigenvalue weighted by atomic mass is 10.1. The topological polar surface area (TPSA) is 46.8 Å². The van der Waals surface area contributed by atoms with E-state index in [2.05, 4.69) is 36.2 Å². The first-order valence-electron chi connectivity index (χ1n) is 7.07. The lowest BCUT2D eigenvalue weighted by Crippen LogP contribution is -2.33. The number of tetrazole rings is 1. The van der Waals surface area contributed by atoms with Gasteiger partial charge in [-0.2, -0.15) is 4.80 Å². The number of likely N-dealkylation sites (tertiary alicyclic amines) is 1. The van der Waals surface area contributed by atoms with Crippen molar-refractivity contribution in [2.45, 2.75) is 25.8 Å². The molecule has 1 aromatic heterocycles. The van der Waals surface area contributed by atoms with Crippen LogP contribution in [-0.2, 0) is 6.54 Å². The van der Waals surface area contributed by atoms with Crippen LogP contribution in [0.1, 0.15) is 19.3 Å². The quantitative estimate of drug-likeness (QED) is 0.828. The SMILES string of the molecule is Brc1ccc(-c2nnn(CCN3CCCCC3)n2)cc1.Cl. The van der Waals surface area contributed by atoms with Crippen LogP contribution in [0.4, 0.5) is 0 Å². The van der Waals surface area contributed by atoms with E-state index in [0.717, 1.165) is 23.1 Å². The minimum atomic E-state index is 0. The van der Waals surface area contributed by atoms with Gasteiger partial charge in [0.2, 0.25) is 5.82 Å². The zero-order valence-electron chi connectivity index (χ0n) is 11.8. The third-order valence-electron chi connectivity index (χ3n) is 3.62. The number of nitrogens with zero attached hydrogens (tertiary/aromatic N) is 5. The van der Waals surface area contributed by atoms with Crippen molar-refractivity contribution >= 4 is 28.3 Å².